The minimum atomic E-state index is -0.869. The molecule has 0 spiro atoms. The predicted octanol–water partition coefficient (Wildman–Crippen LogP) is 4.39. The van der Waals surface area contributed by atoms with E-state index in [-0.39, 0.29) is 5.69 Å². The molecule has 23 heavy (non-hydrogen) atoms. The van der Waals surface area contributed by atoms with Crippen molar-refractivity contribution < 1.29 is 9.31 Å². The van der Waals surface area contributed by atoms with Crippen LogP contribution in [0.2, 0.25) is 0 Å². The summed E-state index contributed by atoms with van der Waals surface area (Å²) < 4.78 is 13.8. The first kappa shape index (κ1) is 15.1. The van der Waals surface area contributed by atoms with Gasteiger partial charge in [0.2, 0.25) is 5.82 Å². The van der Waals surface area contributed by atoms with Crippen molar-refractivity contribution in [1.29, 1.82) is 0 Å². The fourth-order valence-electron chi connectivity index (χ4n) is 2.28. The number of hydrogen-bond donors (Lipinski definition) is 1. The van der Waals surface area contributed by atoms with Crippen molar-refractivity contribution in [2.24, 2.45) is 0 Å². The molecule has 2 aromatic carbocycles. The van der Waals surface area contributed by atoms with E-state index in [1.165, 1.54) is 23.5 Å². The van der Waals surface area contributed by atoms with Crippen LogP contribution in [0.5, 0.6) is 0 Å². The van der Waals surface area contributed by atoms with Crippen LogP contribution < -0.4 is 5.32 Å². The molecule has 0 aliphatic rings. The van der Waals surface area contributed by atoms with E-state index in [0.29, 0.717) is 0 Å². The summed E-state index contributed by atoms with van der Waals surface area (Å²) in [6.45, 7) is 0. The van der Waals surface area contributed by atoms with Gasteiger partial charge in [-0.05, 0) is 17.7 Å². The standard InChI is InChI=1S/C16H12FN3O2S/c17-12-7-4-8-13(15(12)20(21)22)19-14(16-18-9-10-23-16)11-5-2-1-3-6-11/h1-10,14,19H. The molecule has 1 unspecified atom stereocenters. The highest BCUT2D eigenvalue weighted by molar-refractivity contribution is 7.09. The molecule has 7 heteroatoms. The number of nitro benzene ring substituents is 1. The van der Waals surface area contributed by atoms with Crippen LogP contribution in [-0.2, 0) is 0 Å². The third-order valence-electron chi connectivity index (χ3n) is 3.30. The Balaban J connectivity index is 2.04. The normalized spacial score (nSPS) is 11.9. The highest BCUT2D eigenvalue weighted by Crippen LogP contribution is 2.33. The smallest absolute Gasteiger partial charge is 0.327 e. The van der Waals surface area contributed by atoms with Crippen LogP contribution in [0.15, 0.2) is 60.1 Å². The van der Waals surface area contributed by atoms with Crippen molar-refractivity contribution in [2.75, 3.05) is 5.32 Å². The van der Waals surface area contributed by atoms with E-state index in [1.807, 2.05) is 35.7 Å². The molecule has 0 bridgehead atoms. The first-order valence-electron chi connectivity index (χ1n) is 6.80. The number of nitro groups is 1. The summed E-state index contributed by atoms with van der Waals surface area (Å²) in [6, 6.07) is 13.0. The number of para-hydroxylation sites is 1. The van der Waals surface area contributed by atoms with Crippen molar-refractivity contribution >= 4 is 22.7 Å². The molecule has 5 nitrogen and oxygen atoms in total. The molecule has 1 atom stereocenters. The van der Waals surface area contributed by atoms with Crippen molar-refractivity contribution in [3.63, 3.8) is 0 Å². The van der Waals surface area contributed by atoms with Gasteiger partial charge in [0, 0.05) is 11.6 Å². The van der Waals surface area contributed by atoms with Gasteiger partial charge in [0.15, 0.2) is 0 Å². The third-order valence-corrected chi connectivity index (χ3v) is 4.14. The van der Waals surface area contributed by atoms with E-state index in [2.05, 4.69) is 10.3 Å². The topological polar surface area (TPSA) is 68.1 Å². The average molecular weight is 329 g/mol. The monoisotopic (exact) mass is 329 g/mol. The Kier molecular flexibility index (Phi) is 4.29. The van der Waals surface area contributed by atoms with Gasteiger partial charge in [-0.25, -0.2) is 4.98 Å². The van der Waals surface area contributed by atoms with Gasteiger partial charge in [0.05, 0.1) is 4.92 Å². The Labute approximate surface area is 135 Å². The molecule has 1 N–H and O–H groups in total. The Morgan fingerprint density at radius 3 is 2.61 bits per heavy atom. The number of nitrogens with one attached hydrogen (secondary N) is 1. The summed E-state index contributed by atoms with van der Waals surface area (Å²) in [5.41, 5.74) is 0.449. The maximum absolute atomic E-state index is 13.8. The number of halogens is 1. The lowest BCUT2D eigenvalue weighted by molar-refractivity contribution is -0.386. The minimum absolute atomic E-state index is 0.124. The van der Waals surface area contributed by atoms with Crippen molar-refractivity contribution in [3.8, 4) is 0 Å². The van der Waals surface area contributed by atoms with Gasteiger partial charge >= 0.3 is 5.69 Å². The molecule has 0 radical (unpaired) electrons. The highest BCUT2D eigenvalue weighted by Gasteiger charge is 2.24. The summed E-state index contributed by atoms with van der Waals surface area (Å²) in [5, 5.41) is 16.8. The number of hydrogen-bond acceptors (Lipinski definition) is 5. The van der Waals surface area contributed by atoms with Crippen molar-refractivity contribution in [3.05, 3.63) is 86.6 Å². The number of aromatic nitrogens is 1. The number of anilines is 1. The first-order chi connectivity index (χ1) is 11.2. The molecule has 0 amide bonds. The zero-order chi connectivity index (χ0) is 16.2. The minimum Gasteiger partial charge on any atom is -0.366 e. The van der Waals surface area contributed by atoms with Crippen LogP contribution in [0.25, 0.3) is 0 Å². The number of rotatable bonds is 5. The van der Waals surface area contributed by atoms with Crippen LogP contribution >= 0.6 is 11.3 Å². The summed E-state index contributed by atoms with van der Waals surface area (Å²) in [6.07, 6.45) is 1.66. The lowest BCUT2D eigenvalue weighted by atomic mass is 10.1. The summed E-state index contributed by atoms with van der Waals surface area (Å²) in [7, 11) is 0. The fraction of sp³-hybridized carbons (Fsp3) is 0.0625. The zero-order valence-electron chi connectivity index (χ0n) is 11.8. The molecule has 3 rings (SSSR count). The molecule has 0 fully saturated rings. The highest BCUT2D eigenvalue weighted by atomic mass is 32.1. The van der Waals surface area contributed by atoms with Gasteiger partial charge < -0.3 is 5.32 Å². The lowest BCUT2D eigenvalue weighted by Gasteiger charge is -2.18. The van der Waals surface area contributed by atoms with Crippen LogP contribution in [0, 0.1) is 15.9 Å². The first-order valence-corrected chi connectivity index (χ1v) is 7.68. The van der Waals surface area contributed by atoms with Gasteiger partial charge in [0.1, 0.15) is 16.7 Å². The van der Waals surface area contributed by atoms with Crippen LogP contribution in [0.3, 0.4) is 0 Å². The molecule has 1 aromatic heterocycles. The second-order valence-electron chi connectivity index (χ2n) is 4.75. The Hall–Kier alpha value is -2.80. The van der Waals surface area contributed by atoms with E-state index in [1.54, 1.807) is 6.20 Å². The maximum Gasteiger partial charge on any atom is 0.327 e. The molecule has 1 heterocycles. The molecule has 0 aliphatic carbocycles. The van der Waals surface area contributed by atoms with Crippen LogP contribution in [0.4, 0.5) is 15.8 Å². The third kappa shape index (κ3) is 3.19. The largest absolute Gasteiger partial charge is 0.366 e. The maximum atomic E-state index is 13.8. The lowest BCUT2D eigenvalue weighted by Crippen LogP contribution is -2.13. The van der Waals surface area contributed by atoms with Crippen LogP contribution in [-0.4, -0.2) is 9.91 Å². The SMILES string of the molecule is O=[N+]([O-])c1c(F)cccc1NC(c1ccccc1)c1nccs1. The molecule has 0 aliphatic heterocycles. The average Bonchev–Trinajstić information content (AvgIpc) is 3.07. The van der Waals surface area contributed by atoms with Gasteiger partial charge in [-0.2, -0.15) is 4.39 Å². The van der Waals surface area contributed by atoms with Crippen molar-refractivity contribution in [2.45, 2.75) is 6.04 Å². The van der Waals surface area contributed by atoms with E-state index in [0.717, 1.165) is 16.6 Å². The van der Waals surface area contributed by atoms with E-state index >= 15 is 0 Å². The fourth-order valence-corrected chi connectivity index (χ4v) is 3.00. The van der Waals surface area contributed by atoms with E-state index in [4.69, 9.17) is 0 Å². The summed E-state index contributed by atoms with van der Waals surface area (Å²) >= 11 is 1.43. The van der Waals surface area contributed by atoms with Crippen molar-refractivity contribution in [1.82, 2.24) is 4.98 Å². The predicted molar refractivity (Wildman–Crippen MR) is 87.1 cm³/mol. The van der Waals surface area contributed by atoms with Gasteiger partial charge in [0.25, 0.3) is 0 Å². The number of nitrogens with zero attached hydrogens (tertiary/aromatic N) is 2. The molecule has 116 valence electrons. The Morgan fingerprint density at radius 1 is 1.17 bits per heavy atom. The Morgan fingerprint density at radius 2 is 1.96 bits per heavy atom. The zero-order valence-corrected chi connectivity index (χ0v) is 12.7. The molecular weight excluding hydrogens is 317 g/mol. The molecule has 3 aromatic rings. The molecular formula is C16H12FN3O2S. The second kappa shape index (κ2) is 6.53. The van der Waals surface area contributed by atoms with E-state index in [9.17, 15) is 14.5 Å². The van der Waals surface area contributed by atoms with Gasteiger partial charge in [-0.1, -0.05) is 36.4 Å². The van der Waals surface area contributed by atoms with Gasteiger partial charge in [-0.15, -0.1) is 11.3 Å². The molecule has 0 saturated carbocycles. The number of benzene rings is 2. The number of thiazole rings is 1. The quantitative estimate of drug-likeness (QED) is 0.557. The molecule has 0 saturated heterocycles. The summed E-state index contributed by atoms with van der Waals surface area (Å²) in [5.74, 6) is -0.869. The van der Waals surface area contributed by atoms with E-state index < -0.39 is 22.5 Å². The second-order valence-corrected chi connectivity index (χ2v) is 5.68. The Bertz CT molecular complexity index is 809. The van der Waals surface area contributed by atoms with Crippen LogP contribution in [0.1, 0.15) is 16.6 Å². The van der Waals surface area contributed by atoms with Gasteiger partial charge in [-0.3, -0.25) is 10.1 Å². The summed E-state index contributed by atoms with van der Waals surface area (Å²) in [4.78, 5) is 14.7.